The molecule has 0 aliphatic heterocycles. The Morgan fingerprint density at radius 3 is 2.52 bits per heavy atom. The lowest BCUT2D eigenvalue weighted by atomic mass is 9.48. The average molecular weight is 533 g/mol. The first-order valence-corrected chi connectivity index (χ1v) is 13.7. The molecule has 0 unspecified atom stereocenters. The molecule has 2 N–H and O–H groups in total. The molecule has 5 nitrogen and oxygen atoms in total. The molecule has 1 aromatic heterocycles. The Bertz CT molecular complexity index is 1140. The van der Waals surface area contributed by atoms with Crippen molar-refractivity contribution in [2.45, 2.75) is 83.7 Å². The molecule has 4 aliphatic carbocycles. The van der Waals surface area contributed by atoms with Crippen LogP contribution in [-0.2, 0) is 11.3 Å². The molecule has 4 aliphatic rings. The predicted octanol–water partition coefficient (Wildman–Crippen LogP) is 6.10. The van der Waals surface area contributed by atoms with Crippen molar-refractivity contribution in [3.63, 3.8) is 0 Å². The number of aromatic amines is 1. The molecule has 0 saturated heterocycles. The van der Waals surface area contributed by atoms with E-state index in [0.29, 0.717) is 28.5 Å². The second kappa shape index (κ2) is 9.29. The molecule has 4 fully saturated rings. The Morgan fingerprint density at radius 1 is 1.18 bits per heavy atom. The first-order chi connectivity index (χ1) is 15.8. The van der Waals surface area contributed by atoms with Gasteiger partial charge in [-0.3, -0.25) is 14.2 Å². The largest absolute Gasteiger partial charge is 0.353 e. The lowest BCUT2D eigenvalue weighted by molar-refractivity contribution is -0.126. The number of benzene rings is 1. The highest BCUT2D eigenvalue weighted by Crippen LogP contribution is 2.61. The van der Waals surface area contributed by atoms with Gasteiger partial charge < -0.3 is 10.3 Å². The van der Waals surface area contributed by atoms with E-state index in [9.17, 15) is 9.59 Å². The molecule has 0 spiro atoms. The van der Waals surface area contributed by atoms with Crippen molar-refractivity contribution in [1.29, 1.82) is 0 Å². The normalized spacial score (nSPS) is 28.8. The van der Waals surface area contributed by atoms with Gasteiger partial charge in [-0.1, -0.05) is 22.4 Å². The number of hydrogen-bond donors (Lipinski definition) is 2. The number of unbranched alkanes of at least 4 members (excludes halogenated alkanes) is 2. The molecule has 1 heterocycles. The fraction of sp³-hybridized carbons (Fsp3) is 0.654. The molecular weight excluding hydrogens is 498 g/mol. The number of amides is 1. The summed E-state index contributed by atoms with van der Waals surface area (Å²) in [5, 5.41) is 4.00. The summed E-state index contributed by atoms with van der Waals surface area (Å²) < 4.78 is 2.97. The number of aromatic nitrogens is 2. The van der Waals surface area contributed by atoms with Crippen LogP contribution in [0.15, 0.2) is 27.5 Å². The van der Waals surface area contributed by atoms with E-state index >= 15 is 0 Å². The summed E-state index contributed by atoms with van der Waals surface area (Å²) in [5.74, 6) is 2.90. The van der Waals surface area contributed by atoms with Crippen molar-refractivity contribution in [1.82, 2.24) is 14.9 Å². The quantitative estimate of drug-likeness (QED) is 0.319. The van der Waals surface area contributed by atoms with Crippen LogP contribution in [0.4, 0.5) is 0 Å². The van der Waals surface area contributed by atoms with E-state index in [1.54, 1.807) is 4.57 Å². The van der Waals surface area contributed by atoms with Crippen LogP contribution in [0.2, 0.25) is 0 Å². The van der Waals surface area contributed by atoms with Gasteiger partial charge in [0, 0.05) is 23.5 Å². The van der Waals surface area contributed by atoms with Crippen molar-refractivity contribution < 1.29 is 4.79 Å². The summed E-state index contributed by atoms with van der Waals surface area (Å²) in [7, 11) is 0. The molecule has 1 atom stereocenters. The van der Waals surface area contributed by atoms with Gasteiger partial charge in [-0.05, 0) is 112 Å². The van der Waals surface area contributed by atoms with E-state index in [4.69, 9.17) is 12.2 Å². The molecule has 178 valence electrons. The highest BCUT2D eigenvalue weighted by Gasteiger charge is 2.53. The van der Waals surface area contributed by atoms with E-state index in [1.807, 2.05) is 18.2 Å². The molecule has 2 aromatic rings. The van der Waals surface area contributed by atoms with Gasteiger partial charge in [0.1, 0.15) is 0 Å². The van der Waals surface area contributed by atoms with Crippen LogP contribution in [0, 0.1) is 27.9 Å². The molecule has 4 saturated carbocycles. The van der Waals surface area contributed by atoms with E-state index in [-0.39, 0.29) is 17.5 Å². The molecule has 4 bridgehead atoms. The lowest BCUT2D eigenvalue weighted by Gasteiger charge is -2.59. The molecular formula is C26H34BrN3O2S. The highest BCUT2D eigenvalue weighted by atomic mass is 79.9. The Morgan fingerprint density at radius 2 is 1.85 bits per heavy atom. The highest BCUT2D eigenvalue weighted by molar-refractivity contribution is 9.10. The van der Waals surface area contributed by atoms with Crippen molar-refractivity contribution in [3.05, 3.63) is 37.8 Å². The van der Waals surface area contributed by atoms with E-state index < -0.39 is 0 Å². The number of rotatable bonds is 8. The maximum Gasteiger partial charge on any atom is 0.262 e. The number of nitrogens with one attached hydrogen (secondary N) is 2. The molecule has 0 radical (unpaired) electrons. The standard InChI is InChI=1S/C26H34BrN3O2S/c1-16(26-13-17-9-18(14-26)11-19(10-17)15-26)28-23(31)5-3-2-4-8-30-24(32)21-12-20(27)6-7-22(21)29-25(30)33/h6-7,12,16-19H,2-5,8-11,13-15H2,1H3,(H,28,31)(H,29,33)/t16-,17?,18?,19?,26?/m1/s1. The minimum absolute atomic E-state index is 0.0582. The summed E-state index contributed by atoms with van der Waals surface area (Å²) in [6.45, 7) is 2.82. The van der Waals surface area contributed by atoms with E-state index in [1.165, 1.54) is 38.5 Å². The second-order valence-electron chi connectivity index (χ2n) is 11.0. The SMILES string of the molecule is C[C@@H](NC(=O)CCCCCn1c(=S)[nH]c2ccc(Br)cc2c1=O)C12CC3CC(CC(C3)C1)C2. The molecule has 1 amide bonds. The van der Waals surface area contributed by atoms with Gasteiger partial charge in [0.25, 0.3) is 5.56 Å². The zero-order valence-electron chi connectivity index (χ0n) is 19.4. The molecule has 7 heteroatoms. The van der Waals surface area contributed by atoms with Crippen molar-refractivity contribution in [2.24, 2.45) is 23.2 Å². The van der Waals surface area contributed by atoms with Gasteiger partial charge >= 0.3 is 0 Å². The van der Waals surface area contributed by atoms with Crippen LogP contribution in [-0.4, -0.2) is 21.5 Å². The van der Waals surface area contributed by atoms with Gasteiger partial charge in [-0.15, -0.1) is 0 Å². The smallest absolute Gasteiger partial charge is 0.262 e. The minimum atomic E-state index is -0.0582. The maximum atomic E-state index is 12.8. The summed E-state index contributed by atoms with van der Waals surface area (Å²) >= 11 is 8.84. The number of fused-ring (bicyclic) bond motifs is 1. The fourth-order valence-corrected chi connectivity index (χ4v) is 7.98. The summed E-state index contributed by atoms with van der Waals surface area (Å²) in [6, 6.07) is 5.87. The van der Waals surface area contributed by atoms with Crippen LogP contribution >= 0.6 is 28.1 Å². The Hall–Kier alpha value is -1.47. The number of carbonyl (C=O) groups excluding carboxylic acids is 1. The Balaban J connectivity index is 1.10. The summed E-state index contributed by atoms with van der Waals surface area (Å²) in [5.41, 5.74) is 1.05. The minimum Gasteiger partial charge on any atom is -0.353 e. The van der Waals surface area contributed by atoms with Crippen molar-refractivity contribution >= 4 is 45.0 Å². The van der Waals surface area contributed by atoms with Gasteiger partial charge in [0.2, 0.25) is 5.91 Å². The third kappa shape index (κ3) is 4.72. The number of hydrogen-bond acceptors (Lipinski definition) is 3. The van der Waals surface area contributed by atoms with Gasteiger partial charge in [0.05, 0.1) is 10.9 Å². The zero-order valence-corrected chi connectivity index (χ0v) is 21.8. The number of nitrogens with zero attached hydrogens (tertiary/aromatic N) is 1. The van der Waals surface area contributed by atoms with Crippen LogP contribution < -0.4 is 10.9 Å². The number of H-pyrrole nitrogens is 1. The summed E-state index contributed by atoms with van der Waals surface area (Å²) in [6.07, 6.45) is 11.4. The van der Waals surface area contributed by atoms with Crippen LogP contribution in [0.5, 0.6) is 0 Å². The summed E-state index contributed by atoms with van der Waals surface area (Å²) in [4.78, 5) is 28.7. The third-order valence-electron chi connectivity index (χ3n) is 8.61. The van der Waals surface area contributed by atoms with E-state index in [2.05, 4.69) is 33.2 Å². The zero-order chi connectivity index (χ0) is 23.2. The van der Waals surface area contributed by atoms with Crippen LogP contribution in [0.3, 0.4) is 0 Å². The lowest BCUT2D eigenvalue weighted by Crippen LogP contribution is -2.55. The van der Waals surface area contributed by atoms with Gasteiger partial charge in [-0.2, -0.15) is 0 Å². The monoisotopic (exact) mass is 531 g/mol. The molecule has 1 aromatic carbocycles. The third-order valence-corrected chi connectivity index (χ3v) is 9.43. The topological polar surface area (TPSA) is 66.9 Å². The molecule has 33 heavy (non-hydrogen) atoms. The van der Waals surface area contributed by atoms with Gasteiger partial charge in [0.15, 0.2) is 4.77 Å². The Kier molecular flexibility index (Phi) is 6.55. The predicted molar refractivity (Wildman–Crippen MR) is 138 cm³/mol. The first kappa shape index (κ1) is 23.3. The first-order valence-electron chi connectivity index (χ1n) is 12.5. The fourth-order valence-electron chi connectivity index (χ4n) is 7.33. The second-order valence-corrected chi connectivity index (χ2v) is 12.3. The van der Waals surface area contributed by atoms with Crippen LogP contribution in [0.1, 0.15) is 71.1 Å². The van der Waals surface area contributed by atoms with Gasteiger partial charge in [-0.25, -0.2) is 0 Å². The van der Waals surface area contributed by atoms with Crippen molar-refractivity contribution in [2.75, 3.05) is 0 Å². The van der Waals surface area contributed by atoms with E-state index in [0.717, 1.165) is 47.0 Å². The number of halogens is 1. The average Bonchev–Trinajstić information content (AvgIpc) is 2.75. The van der Waals surface area contributed by atoms with Crippen LogP contribution in [0.25, 0.3) is 10.9 Å². The number of carbonyl (C=O) groups is 1. The molecule has 6 rings (SSSR count). The maximum absolute atomic E-state index is 12.8. The van der Waals surface area contributed by atoms with Crippen molar-refractivity contribution in [3.8, 4) is 0 Å². The Labute approximate surface area is 208 Å².